The van der Waals surface area contributed by atoms with Crippen molar-refractivity contribution in [2.75, 3.05) is 20.1 Å². The number of hydrogen-bond acceptors (Lipinski definition) is 4. The molecule has 3 N–H and O–H groups in total. The molecule has 1 aromatic rings. The maximum atomic E-state index is 11.9. The van der Waals surface area contributed by atoms with E-state index in [0.29, 0.717) is 0 Å². The van der Waals surface area contributed by atoms with Crippen molar-refractivity contribution >= 4 is 21.8 Å². The summed E-state index contributed by atoms with van der Waals surface area (Å²) in [6.07, 6.45) is 0. The van der Waals surface area contributed by atoms with E-state index in [1.165, 1.54) is 19.2 Å². The van der Waals surface area contributed by atoms with Crippen LogP contribution in [0.2, 0.25) is 0 Å². The monoisotopic (exact) mass is 299 g/mol. The summed E-state index contributed by atoms with van der Waals surface area (Å²) in [5.41, 5.74) is 0.940. The van der Waals surface area contributed by atoms with Gasteiger partial charge in [0.1, 0.15) is 0 Å². The largest absolute Gasteiger partial charge is 0.341 e. The van der Waals surface area contributed by atoms with E-state index < -0.39 is 21.8 Å². The van der Waals surface area contributed by atoms with E-state index in [0.717, 1.165) is 5.56 Å². The molecule has 0 unspecified atom stereocenters. The van der Waals surface area contributed by atoms with Crippen molar-refractivity contribution in [2.45, 2.75) is 11.8 Å². The molecule has 8 heteroatoms. The molecule has 0 atom stereocenters. The van der Waals surface area contributed by atoms with Crippen molar-refractivity contribution in [1.29, 1.82) is 0 Å². The molecule has 0 bridgehead atoms. The van der Waals surface area contributed by atoms with E-state index >= 15 is 0 Å². The van der Waals surface area contributed by atoms with Crippen molar-refractivity contribution in [3.05, 3.63) is 29.8 Å². The minimum atomic E-state index is -3.72. The molecule has 0 saturated carbocycles. The van der Waals surface area contributed by atoms with Crippen LogP contribution in [0.3, 0.4) is 0 Å². The zero-order valence-corrected chi connectivity index (χ0v) is 12.1. The Bertz CT molecular complexity index is 581. The zero-order chi connectivity index (χ0) is 15.2. The number of Topliss-reactive ketones (excluding diaryl/α,β-unsaturated/α-hetero) is 1. The van der Waals surface area contributed by atoms with E-state index in [2.05, 4.69) is 15.4 Å². The number of urea groups is 1. The third-order valence-electron chi connectivity index (χ3n) is 2.46. The fourth-order valence-electron chi connectivity index (χ4n) is 1.31. The summed E-state index contributed by atoms with van der Waals surface area (Å²) in [5.74, 6) is -0.440. The van der Waals surface area contributed by atoms with Gasteiger partial charge in [0.2, 0.25) is 10.0 Å². The molecule has 0 aliphatic carbocycles. The molecule has 20 heavy (non-hydrogen) atoms. The van der Waals surface area contributed by atoms with Gasteiger partial charge in [-0.3, -0.25) is 4.79 Å². The summed E-state index contributed by atoms with van der Waals surface area (Å²) < 4.78 is 25.9. The molecule has 1 rings (SSSR count). The fraction of sp³-hybridized carbons (Fsp3) is 0.333. The number of hydrogen-bond donors (Lipinski definition) is 3. The number of carbonyl (C=O) groups is 2. The van der Waals surface area contributed by atoms with Crippen LogP contribution in [0.5, 0.6) is 0 Å². The van der Waals surface area contributed by atoms with Crippen molar-refractivity contribution in [2.24, 2.45) is 0 Å². The van der Waals surface area contributed by atoms with Crippen LogP contribution in [0.1, 0.15) is 5.56 Å². The quantitative estimate of drug-likeness (QED) is 0.675. The first-order chi connectivity index (χ1) is 9.35. The highest BCUT2D eigenvalue weighted by Gasteiger charge is 2.15. The Balaban J connectivity index is 2.53. The van der Waals surface area contributed by atoms with Gasteiger partial charge in [0.25, 0.3) is 0 Å². The van der Waals surface area contributed by atoms with Gasteiger partial charge in [0.15, 0.2) is 5.78 Å². The molecule has 0 saturated heterocycles. The second-order valence-corrected chi connectivity index (χ2v) is 5.88. The van der Waals surface area contributed by atoms with Crippen LogP contribution >= 0.6 is 0 Å². The molecule has 0 spiro atoms. The smallest absolute Gasteiger partial charge is 0.314 e. The van der Waals surface area contributed by atoms with Gasteiger partial charge >= 0.3 is 6.03 Å². The van der Waals surface area contributed by atoms with Crippen LogP contribution in [-0.2, 0) is 14.8 Å². The Morgan fingerprint density at radius 2 is 1.70 bits per heavy atom. The predicted octanol–water partition coefficient (Wildman–Crippen LogP) is -0.229. The molecule has 110 valence electrons. The van der Waals surface area contributed by atoms with Crippen LogP contribution < -0.4 is 15.4 Å². The van der Waals surface area contributed by atoms with Gasteiger partial charge in [-0.1, -0.05) is 17.7 Å². The van der Waals surface area contributed by atoms with E-state index in [4.69, 9.17) is 0 Å². The highest BCUT2D eigenvalue weighted by Crippen LogP contribution is 2.09. The van der Waals surface area contributed by atoms with Crippen molar-refractivity contribution < 1.29 is 18.0 Å². The zero-order valence-electron chi connectivity index (χ0n) is 11.3. The number of rotatable bonds is 6. The van der Waals surface area contributed by atoms with Gasteiger partial charge in [0, 0.05) is 7.05 Å². The highest BCUT2D eigenvalue weighted by atomic mass is 32.2. The first-order valence-electron chi connectivity index (χ1n) is 5.89. The number of carbonyl (C=O) groups excluding carboxylic acids is 2. The summed E-state index contributed by atoms with van der Waals surface area (Å²) in [5, 5.41) is 4.56. The van der Waals surface area contributed by atoms with Gasteiger partial charge in [0.05, 0.1) is 18.0 Å². The van der Waals surface area contributed by atoms with Gasteiger partial charge in [-0.2, -0.15) is 0 Å². The average molecular weight is 299 g/mol. The number of nitrogens with one attached hydrogen (secondary N) is 3. The third-order valence-corrected chi connectivity index (χ3v) is 3.88. The summed E-state index contributed by atoms with van der Waals surface area (Å²) in [7, 11) is -2.30. The Labute approximate surface area is 117 Å². The predicted molar refractivity (Wildman–Crippen MR) is 73.8 cm³/mol. The van der Waals surface area contributed by atoms with Crippen LogP contribution in [0.15, 0.2) is 29.2 Å². The molecule has 2 amide bonds. The van der Waals surface area contributed by atoms with E-state index in [9.17, 15) is 18.0 Å². The first-order valence-corrected chi connectivity index (χ1v) is 7.37. The molecule has 0 heterocycles. The lowest BCUT2D eigenvalue weighted by Crippen LogP contribution is -2.40. The number of benzene rings is 1. The lowest BCUT2D eigenvalue weighted by Gasteiger charge is -2.07. The average Bonchev–Trinajstić information content (AvgIpc) is 2.43. The van der Waals surface area contributed by atoms with E-state index in [1.807, 2.05) is 6.92 Å². The second-order valence-electron chi connectivity index (χ2n) is 4.11. The Morgan fingerprint density at radius 1 is 1.10 bits per heavy atom. The van der Waals surface area contributed by atoms with Gasteiger partial charge in [-0.05, 0) is 19.1 Å². The van der Waals surface area contributed by atoms with Gasteiger partial charge in [-0.15, -0.1) is 0 Å². The molecule has 1 aromatic carbocycles. The molecule has 0 aromatic heterocycles. The maximum absolute atomic E-state index is 11.9. The molecule has 0 aliphatic rings. The summed E-state index contributed by atoms with van der Waals surface area (Å²) in [4.78, 5) is 22.4. The Morgan fingerprint density at radius 3 is 2.25 bits per heavy atom. The van der Waals surface area contributed by atoms with E-state index in [-0.39, 0.29) is 18.0 Å². The number of sulfonamides is 1. The third kappa shape index (κ3) is 4.98. The Kier molecular flexibility index (Phi) is 5.66. The summed E-state index contributed by atoms with van der Waals surface area (Å²) in [6.45, 7) is 1.23. The molecular formula is C12H17N3O4S. The van der Waals surface area contributed by atoms with Crippen molar-refractivity contribution in [3.63, 3.8) is 0 Å². The van der Waals surface area contributed by atoms with E-state index in [1.54, 1.807) is 12.1 Å². The second kappa shape index (κ2) is 7.01. The molecule has 7 nitrogen and oxygen atoms in total. The summed E-state index contributed by atoms with van der Waals surface area (Å²) >= 11 is 0. The van der Waals surface area contributed by atoms with Crippen LogP contribution in [0.25, 0.3) is 0 Å². The van der Waals surface area contributed by atoms with Crippen LogP contribution in [-0.4, -0.2) is 40.4 Å². The van der Waals surface area contributed by atoms with Crippen molar-refractivity contribution in [1.82, 2.24) is 15.4 Å². The SMILES string of the molecule is CNC(=O)NCC(=O)CNS(=O)(=O)c1ccc(C)cc1. The fourth-order valence-corrected chi connectivity index (χ4v) is 2.32. The van der Waals surface area contributed by atoms with Crippen molar-refractivity contribution in [3.8, 4) is 0 Å². The molecule has 0 fully saturated rings. The molecular weight excluding hydrogens is 282 g/mol. The molecule has 0 radical (unpaired) electrons. The molecule has 0 aliphatic heterocycles. The lowest BCUT2D eigenvalue weighted by molar-refractivity contribution is -0.117. The van der Waals surface area contributed by atoms with Gasteiger partial charge in [-0.25, -0.2) is 17.9 Å². The normalized spacial score (nSPS) is 10.9. The highest BCUT2D eigenvalue weighted by molar-refractivity contribution is 7.89. The topological polar surface area (TPSA) is 104 Å². The number of amides is 2. The first kappa shape index (κ1) is 16.1. The van der Waals surface area contributed by atoms with Crippen LogP contribution in [0, 0.1) is 6.92 Å². The minimum absolute atomic E-state index is 0.0927. The maximum Gasteiger partial charge on any atom is 0.314 e. The lowest BCUT2D eigenvalue weighted by atomic mass is 10.2. The van der Waals surface area contributed by atoms with Gasteiger partial charge < -0.3 is 10.6 Å². The number of ketones is 1. The van der Waals surface area contributed by atoms with Crippen LogP contribution in [0.4, 0.5) is 4.79 Å². The Hall–Kier alpha value is -1.93. The minimum Gasteiger partial charge on any atom is -0.341 e. The standard InChI is InChI=1S/C12H17N3O4S/c1-9-3-5-11(6-4-9)20(18,19)15-8-10(16)7-14-12(17)13-2/h3-6,15H,7-8H2,1-2H3,(H2,13,14,17). The number of aryl methyl sites for hydroxylation is 1. The summed E-state index contributed by atoms with van der Waals surface area (Å²) in [6, 6.07) is 5.77.